The molecule has 0 aromatic carbocycles. The molecule has 0 heterocycles. The number of rotatable bonds is 58. The highest BCUT2D eigenvalue weighted by molar-refractivity contribution is 5.70. The maximum Gasteiger partial charge on any atom is 0.306 e. The summed E-state index contributed by atoms with van der Waals surface area (Å²) in [5, 5.41) is 9.67. The largest absolute Gasteiger partial charge is 0.462 e. The van der Waals surface area contributed by atoms with Gasteiger partial charge >= 0.3 is 11.9 Å². The van der Waals surface area contributed by atoms with E-state index in [9.17, 15) is 14.7 Å². The number of allylic oxidation sites excluding steroid dienone is 18. The van der Waals surface area contributed by atoms with Gasteiger partial charge in [-0.15, -0.1) is 0 Å². The highest BCUT2D eigenvalue weighted by Crippen LogP contribution is 2.17. The lowest BCUT2D eigenvalue weighted by Crippen LogP contribution is -2.28. The summed E-state index contributed by atoms with van der Waals surface area (Å²) in [4.78, 5) is 24.6. The molecule has 1 unspecified atom stereocenters. The van der Waals surface area contributed by atoms with Gasteiger partial charge in [-0.1, -0.05) is 322 Å². The Balaban J connectivity index is 3.55. The minimum atomic E-state index is -0.810. The van der Waals surface area contributed by atoms with Gasteiger partial charge in [-0.25, -0.2) is 0 Å². The fraction of sp³-hybridized carbons (Fsp3) is 0.714. The predicted molar refractivity (Wildman–Crippen MR) is 329 cm³/mol. The van der Waals surface area contributed by atoms with Crippen molar-refractivity contribution in [2.75, 3.05) is 13.2 Å². The van der Waals surface area contributed by atoms with E-state index in [2.05, 4.69) is 123 Å². The van der Waals surface area contributed by atoms with E-state index in [0.29, 0.717) is 12.8 Å². The molecule has 0 aliphatic heterocycles. The molecule has 0 bridgehead atoms. The van der Waals surface area contributed by atoms with Crippen LogP contribution in [-0.2, 0) is 19.1 Å². The molecular formula is C70H120O5. The lowest BCUT2D eigenvalue weighted by atomic mass is 10.0. The van der Waals surface area contributed by atoms with Crippen LogP contribution in [0.25, 0.3) is 0 Å². The van der Waals surface area contributed by atoms with Crippen molar-refractivity contribution in [1.82, 2.24) is 0 Å². The molecule has 1 atom stereocenters. The highest BCUT2D eigenvalue weighted by atomic mass is 16.6. The molecule has 0 radical (unpaired) electrons. The Morgan fingerprint density at radius 3 is 0.853 bits per heavy atom. The van der Waals surface area contributed by atoms with Gasteiger partial charge in [0.25, 0.3) is 0 Å². The van der Waals surface area contributed by atoms with Crippen molar-refractivity contribution < 1.29 is 24.2 Å². The summed E-state index contributed by atoms with van der Waals surface area (Å²) < 4.78 is 10.7. The van der Waals surface area contributed by atoms with E-state index in [0.717, 1.165) is 83.5 Å². The molecule has 0 amide bonds. The molecule has 0 aromatic heterocycles. The highest BCUT2D eigenvalue weighted by Gasteiger charge is 2.16. The maximum absolute atomic E-state index is 12.3. The van der Waals surface area contributed by atoms with Crippen molar-refractivity contribution in [3.05, 3.63) is 109 Å². The Morgan fingerprint density at radius 1 is 0.320 bits per heavy atom. The van der Waals surface area contributed by atoms with Crippen LogP contribution < -0.4 is 0 Å². The minimum absolute atomic E-state index is 0.0926. The zero-order chi connectivity index (χ0) is 54.1. The van der Waals surface area contributed by atoms with E-state index in [1.165, 1.54) is 186 Å². The van der Waals surface area contributed by atoms with Crippen molar-refractivity contribution in [3.8, 4) is 0 Å². The van der Waals surface area contributed by atoms with Gasteiger partial charge in [0.1, 0.15) is 6.61 Å². The third kappa shape index (κ3) is 63.0. The molecule has 0 saturated heterocycles. The molecule has 0 saturated carbocycles. The average Bonchev–Trinajstić information content (AvgIpc) is 3.41. The van der Waals surface area contributed by atoms with Gasteiger partial charge < -0.3 is 14.6 Å². The summed E-state index contributed by atoms with van der Waals surface area (Å²) in [5.74, 6) is -0.656. The second-order valence-electron chi connectivity index (χ2n) is 21.1. The molecule has 0 rings (SSSR count). The van der Waals surface area contributed by atoms with Gasteiger partial charge in [-0.2, -0.15) is 0 Å². The Labute approximate surface area is 465 Å². The lowest BCUT2D eigenvalue weighted by Gasteiger charge is -2.15. The average molecular weight is 1040 g/mol. The van der Waals surface area contributed by atoms with Crippen LogP contribution in [0.1, 0.15) is 303 Å². The first kappa shape index (κ1) is 71.6. The second-order valence-corrected chi connectivity index (χ2v) is 21.1. The maximum atomic E-state index is 12.3. The zero-order valence-corrected chi connectivity index (χ0v) is 49.3. The Morgan fingerprint density at radius 2 is 0.573 bits per heavy atom. The molecule has 5 heteroatoms. The number of unbranched alkanes of at least 4 members (excludes halogenated alkanes) is 32. The number of carbonyl (C=O) groups excluding carboxylic acids is 2. The van der Waals surface area contributed by atoms with E-state index in [-0.39, 0.29) is 31.6 Å². The van der Waals surface area contributed by atoms with Gasteiger partial charge in [0.15, 0.2) is 6.10 Å². The van der Waals surface area contributed by atoms with Gasteiger partial charge in [-0.05, 0) is 77.0 Å². The quantitative estimate of drug-likeness (QED) is 0.0373. The minimum Gasteiger partial charge on any atom is -0.462 e. The van der Waals surface area contributed by atoms with Gasteiger partial charge in [0, 0.05) is 12.8 Å². The van der Waals surface area contributed by atoms with Crippen LogP contribution in [0.15, 0.2) is 109 Å². The zero-order valence-electron chi connectivity index (χ0n) is 49.3. The summed E-state index contributed by atoms with van der Waals surface area (Å²) in [6.45, 7) is 4.01. The first-order chi connectivity index (χ1) is 37.1. The molecular weight excluding hydrogens is 921 g/mol. The van der Waals surface area contributed by atoms with E-state index in [1.54, 1.807) is 0 Å². The van der Waals surface area contributed by atoms with Crippen LogP contribution in [0, 0.1) is 0 Å². The Hall–Kier alpha value is -3.44. The number of aliphatic hydroxyl groups is 1. The van der Waals surface area contributed by atoms with Gasteiger partial charge in [-0.3, -0.25) is 9.59 Å². The fourth-order valence-corrected chi connectivity index (χ4v) is 9.09. The second kappa shape index (κ2) is 64.8. The van der Waals surface area contributed by atoms with Crippen molar-refractivity contribution >= 4 is 11.9 Å². The molecule has 0 aromatic rings. The predicted octanol–water partition coefficient (Wildman–Crippen LogP) is 22.0. The van der Waals surface area contributed by atoms with Crippen LogP contribution in [0.5, 0.6) is 0 Å². The van der Waals surface area contributed by atoms with Crippen molar-refractivity contribution in [2.45, 2.75) is 309 Å². The fourth-order valence-electron chi connectivity index (χ4n) is 9.09. The SMILES string of the molecule is CC/C=C\C/C=C\C/C=C\C/C=C\C/C=C\C/C=C\C/C=C\C/C=C\C/C=C\CCCC(=O)OC(CO)COC(=O)CCCCCCCCCCCCCCCCCCCCCCCCCCCCCCCCCC. The summed E-state index contributed by atoms with van der Waals surface area (Å²) in [6, 6.07) is 0. The smallest absolute Gasteiger partial charge is 0.306 e. The molecule has 430 valence electrons. The number of ether oxygens (including phenoxy) is 2. The van der Waals surface area contributed by atoms with Crippen LogP contribution >= 0.6 is 0 Å². The third-order valence-electron chi connectivity index (χ3n) is 13.8. The number of hydrogen-bond donors (Lipinski definition) is 1. The number of carbonyl (C=O) groups is 2. The number of esters is 2. The normalized spacial score (nSPS) is 12.9. The first-order valence-corrected chi connectivity index (χ1v) is 31.9. The molecule has 0 aliphatic rings. The lowest BCUT2D eigenvalue weighted by molar-refractivity contribution is -0.161. The van der Waals surface area contributed by atoms with Crippen LogP contribution in [0.2, 0.25) is 0 Å². The molecule has 5 nitrogen and oxygen atoms in total. The summed E-state index contributed by atoms with van der Waals surface area (Å²) in [5.41, 5.74) is 0. The molecule has 1 N–H and O–H groups in total. The van der Waals surface area contributed by atoms with Gasteiger partial charge in [0.05, 0.1) is 6.61 Å². The van der Waals surface area contributed by atoms with Crippen LogP contribution in [0.4, 0.5) is 0 Å². The topological polar surface area (TPSA) is 72.8 Å². The van der Waals surface area contributed by atoms with E-state index < -0.39 is 6.10 Å². The molecule has 0 spiro atoms. The molecule has 75 heavy (non-hydrogen) atoms. The van der Waals surface area contributed by atoms with Crippen molar-refractivity contribution in [1.29, 1.82) is 0 Å². The Kier molecular flexibility index (Phi) is 61.9. The van der Waals surface area contributed by atoms with E-state index in [4.69, 9.17) is 9.47 Å². The van der Waals surface area contributed by atoms with Gasteiger partial charge in [0.2, 0.25) is 0 Å². The van der Waals surface area contributed by atoms with E-state index >= 15 is 0 Å². The van der Waals surface area contributed by atoms with Crippen molar-refractivity contribution in [3.63, 3.8) is 0 Å². The summed E-state index contributed by atoms with van der Waals surface area (Å²) in [6.07, 6.45) is 93.9. The third-order valence-corrected chi connectivity index (χ3v) is 13.8. The van der Waals surface area contributed by atoms with Crippen LogP contribution in [-0.4, -0.2) is 36.4 Å². The number of aliphatic hydroxyl groups excluding tert-OH is 1. The van der Waals surface area contributed by atoms with Crippen molar-refractivity contribution in [2.24, 2.45) is 0 Å². The standard InChI is InChI=1S/C70H120O5/c1-3-5-7-9-11-13-15-17-19-21-23-25-27-29-31-33-34-35-37-38-40-42-44-46-48-50-52-54-56-58-60-62-64-69(72)74-67-68(66-71)75-70(73)65-63-61-59-57-55-53-51-49-47-45-43-41-39-36-32-30-28-26-24-22-20-18-16-14-12-10-8-6-4-2/h6,8,12,14,18,20,24,26,30,32,39,41,45,47,51,53,57,59,68,71H,3-5,7,9-11,13,15-17,19,21-23,25,27-29,31,33-38,40,42-44,46,48-50,52,54-56,58,60-67H2,1-2H3/b8-6-,14-12-,20-18-,26-24-,32-30-,41-39-,47-45-,53-51-,59-57-. The monoisotopic (exact) mass is 1040 g/mol. The Bertz CT molecular complexity index is 1460. The molecule has 0 aliphatic carbocycles. The summed E-state index contributed by atoms with van der Waals surface area (Å²) in [7, 11) is 0. The summed E-state index contributed by atoms with van der Waals surface area (Å²) >= 11 is 0. The van der Waals surface area contributed by atoms with E-state index in [1.807, 2.05) is 0 Å². The van der Waals surface area contributed by atoms with Crippen LogP contribution in [0.3, 0.4) is 0 Å². The molecule has 0 fully saturated rings. The first-order valence-electron chi connectivity index (χ1n) is 31.9. The number of hydrogen-bond acceptors (Lipinski definition) is 5.